The number of benzene rings is 2. The summed E-state index contributed by atoms with van der Waals surface area (Å²) in [6, 6.07) is 4.92. The molecule has 3 N–H and O–H groups in total. The predicted octanol–water partition coefficient (Wildman–Crippen LogP) is 2.66. The highest BCUT2D eigenvalue weighted by molar-refractivity contribution is 7.87. The molecule has 2 atom stereocenters. The van der Waals surface area contributed by atoms with Crippen LogP contribution in [0.4, 0.5) is 23.2 Å². The molecule has 3 rings (SSSR count). The Kier molecular flexibility index (Phi) is 7.50. The number of anilines is 1. The number of halogens is 5. The fourth-order valence-electron chi connectivity index (χ4n) is 3.21. The third-order valence-corrected chi connectivity index (χ3v) is 7.01. The highest BCUT2D eigenvalue weighted by Crippen LogP contribution is 2.29. The first kappa shape index (κ1) is 25.9. The van der Waals surface area contributed by atoms with E-state index in [2.05, 4.69) is 15.4 Å². The van der Waals surface area contributed by atoms with E-state index < -0.39 is 51.7 Å². The van der Waals surface area contributed by atoms with Crippen LogP contribution in [0.2, 0.25) is 5.02 Å². The van der Waals surface area contributed by atoms with Gasteiger partial charge in [0.1, 0.15) is 17.9 Å². The van der Waals surface area contributed by atoms with E-state index in [0.717, 1.165) is 35.6 Å². The molecular formula is C20H19ClF4N4O4S. The number of nitrogens with zero attached hydrogens (tertiary/aromatic N) is 1. The lowest BCUT2D eigenvalue weighted by molar-refractivity contribution is -0.137. The fraction of sp³-hybridized carbons (Fsp3) is 0.300. The summed E-state index contributed by atoms with van der Waals surface area (Å²) < 4.78 is 79.1. The van der Waals surface area contributed by atoms with Crippen LogP contribution in [0.5, 0.6) is 0 Å². The molecule has 184 valence electrons. The van der Waals surface area contributed by atoms with Crippen molar-refractivity contribution in [2.75, 3.05) is 12.4 Å². The first-order chi connectivity index (χ1) is 15.8. The summed E-state index contributed by atoms with van der Waals surface area (Å²) in [5, 5.41) is 4.64. The molecule has 0 bridgehead atoms. The maximum atomic E-state index is 13.3. The molecule has 2 amide bonds. The Hall–Kier alpha value is -2.74. The number of carbonyl (C=O) groups is 2. The summed E-state index contributed by atoms with van der Waals surface area (Å²) >= 11 is 5.69. The van der Waals surface area contributed by atoms with Gasteiger partial charge in [0, 0.05) is 19.3 Å². The molecule has 8 nitrogen and oxygen atoms in total. The fourth-order valence-corrected chi connectivity index (χ4v) is 4.63. The Bertz CT molecular complexity index is 1190. The van der Waals surface area contributed by atoms with Crippen molar-refractivity contribution in [1.82, 2.24) is 14.3 Å². The summed E-state index contributed by atoms with van der Waals surface area (Å²) in [6.45, 7) is -0.157. The van der Waals surface area contributed by atoms with Gasteiger partial charge in [0.05, 0.1) is 10.6 Å². The zero-order valence-corrected chi connectivity index (χ0v) is 19.1. The Morgan fingerprint density at radius 1 is 1.15 bits per heavy atom. The quantitative estimate of drug-likeness (QED) is 0.525. The second-order valence-electron chi connectivity index (χ2n) is 7.47. The molecule has 0 spiro atoms. The molecule has 0 aromatic heterocycles. The Morgan fingerprint density at radius 2 is 1.79 bits per heavy atom. The standard InChI is InChI=1S/C20H19ClF4N4O4S/c1-29-17(19(31)27-13-6-7-15(22)14(21)8-13)9-16(28-34(29,32)33)18(30)26-10-11-2-4-12(5-3-11)20(23,24)25/h2-8,16-17,28H,9-10H2,1H3,(H,26,30)(H,27,31). The van der Waals surface area contributed by atoms with Gasteiger partial charge in [-0.25, -0.2) is 4.39 Å². The second-order valence-corrected chi connectivity index (χ2v) is 9.64. The van der Waals surface area contributed by atoms with Crippen molar-refractivity contribution in [1.29, 1.82) is 0 Å². The topological polar surface area (TPSA) is 108 Å². The lowest BCUT2D eigenvalue weighted by Gasteiger charge is -2.35. The molecule has 1 aliphatic heterocycles. The summed E-state index contributed by atoms with van der Waals surface area (Å²) in [4.78, 5) is 25.3. The molecule has 2 unspecified atom stereocenters. The SMILES string of the molecule is CN1C(C(=O)Nc2ccc(F)c(Cl)c2)CC(C(=O)NCc2ccc(C(F)(F)F)cc2)NS1(=O)=O. The van der Waals surface area contributed by atoms with Crippen molar-refractivity contribution >= 4 is 39.3 Å². The van der Waals surface area contributed by atoms with Crippen molar-refractivity contribution in [3.8, 4) is 0 Å². The lowest BCUT2D eigenvalue weighted by atomic mass is 10.1. The van der Waals surface area contributed by atoms with E-state index in [4.69, 9.17) is 11.6 Å². The van der Waals surface area contributed by atoms with Crippen LogP contribution in [-0.4, -0.2) is 43.7 Å². The molecule has 0 radical (unpaired) electrons. The maximum absolute atomic E-state index is 13.3. The van der Waals surface area contributed by atoms with Crippen LogP contribution in [0, 0.1) is 5.82 Å². The van der Waals surface area contributed by atoms with Gasteiger partial charge >= 0.3 is 6.18 Å². The maximum Gasteiger partial charge on any atom is 0.416 e. The summed E-state index contributed by atoms with van der Waals surface area (Å²) in [6.07, 6.45) is -4.74. The van der Waals surface area contributed by atoms with Crippen LogP contribution >= 0.6 is 11.6 Å². The van der Waals surface area contributed by atoms with E-state index in [0.29, 0.717) is 5.56 Å². The van der Waals surface area contributed by atoms with Crippen molar-refractivity contribution in [2.24, 2.45) is 0 Å². The highest BCUT2D eigenvalue weighted by Gasteiger charge is 2.42. The van der Waals surface area contributed by atoms with Crippen molar-refractivity contribution in [2.45, 2.75) is 31.2 Å². The predicted molar refractivity (Wildman–Crippen MR) is 115 cm³/mol. The second kappa shape index (κ2) is 9.86. The minimum Gasteiger partial charge on any atom is -0.351 e. The number of carbonyl (C=O) groups excluding carboxylic acids is 2. The molecule has 1 heterocycles. The van der Waals surface area contributed by atoms with E-state index in [1.165, 1.54) is 18.2 Å². The van der Waals surface area contributed by atoms with E-state index in [-0.39, 0.29) is 23.7 Å². The minimum absolute atomic E-state index is 0.129. The zero-order valence-electron chi connectivity index (χ0n) is 17.5. The third-order valence-electron chi connectivity index (χ3n) is 5.12. The number of hydrogen-bond acceptors (Lipinski definition) is 4. The van der Waals surface area contributed by atoms with Crippen LogP contribution in [0.1, 0.15) is 17.5 Å². The zero-order chi connectivity index (χ0) is 25.3. The third kappa shape index (κ3) is 6.03. The van der Waals surface area contributed by atoms with E-state index >= 15 is 0 Å². The smallest absolute Gasteiger partial charge is 0.351 e. The Labute approximate surface area is 197 Å². The molecule has 1 saturated heterocycles. The number of nitrogens with one attached hydrogen (secondary N) is 3. The Balaban J connectivity index is 1.67. The molecule has 0 saturated carbocycles. The largest absolute Gasteiger partial charge is 0.416 e. The monoisotopic (exact) mass is 522 g/mol. The molecule has 1 fully saturated rings. The van der Waals surface area contributed by atoms with Crippen LogP contribution in [-0.2, 0) is 32.5 Å². The van der Waals surface area contributed by atoms with Crippen LogP contribution in [0.15, 0.2) is 42.5 Å². The highest BCUT2D eigenvalue weighted by atomic mass is 35.5. The number of rotatable bonds is 5. The molecule has 2 aromatic carbocycles. The van der Waals surface area contributed by atoms with E-state index in [9.17, 15) is 35.6 Å². The normalized spacial score (nSPS) is 20.5. The first-order valence-corrected chi connectivity index (χ1v) is 11.5. The van der Waals surface area contributed by atoms with Crippen LogP contribution in [0.25, 0.3) is 0 Å². The van der Waals surface area contributed by atoms with Gasteiger partial charge < -0.3 is 10.6 Å². The summed E-state index contributed by atoms with van der Waals surface area (Å²) in [7, 11) is -3.06. The van der Waals surface area contributed by atoms with Crippen molar-refractivity contribution in [3.05, 3.63) is 64.4 Å². The van der Waals surface area contributed by atoms with Crippen molar-refractivity contribution in [3.63, 3.8) is 0 Å². The van der Waals surface area contributed by atoms with Crippen molar-refractivity contribution < 1.29 is 35.6 Å². The molecular weight excluding hydrogens is 504 g/mol. The van der Waals surface area contributed by atoms with Gasteiger partial charge in [-0.15, -0.1) is 0 Å². The van der Waals surface area contributed by atoms with Gasteiger partial charge in [-0.2, -0.15) is 30.6 Å². The molecule has 34 heavy (non-hydrogen) atoms. The van der Waals surface area contributed by atoms with E-state index in [1.807, 2.05) is 0 Å². The number of alkyl halides is 3. The molecule has 1 aliphatic rings. The van der Waals surface area contributed by atoms with E-state index in [1.54, 1.807) is 0 Å². The van der Waals surface area contributed by atoms with Crippen LogP contribution < -0.4 is 15.4 Å². The molecule has 0 aliphatic carbocycles. The number of likely N-dealkylation sites (N-methyl/N-ethyl adjacent to an activating group) is 1. The molecule has 14 heteroatoms. The lowest BCUT2D eigenvalue weighted by Crippen LogP contribution is -2.62. The van der Waals surface area contributed by atoms with Gasteiger partial charge in [0.25, 0.3) is 10.2 Å². The summed E-state index contributed by atoms with van der Waals surface area (Å²) in [5.41, 5.74) is -0.356. The average Bonchev–Trinajstić information content (AvgIpc) is 2.76. The number of amides is 2. The molecule has 2 aromatic rings. The van der Waals surface area contributed by atoms with Crippen LogP contribution in [0.3, 0.4) is 0 Å². The van der Waals surface area contributed by atoms with Gasteiger partial charge in [-0.3, -0.25) is 9.59 Å². The van der Waals surface area contributed by atoms with Gasteiger partial charge in [-0.05, 0) is 42.3 Å². The number of hydrogen-bond donors (Lipinski definition) is 3. The summed E-state index contributed by atoms with van der Waals surface area (Å²) in [5.74, 6) is -2.24. The van der Waals surface area contributed by atoms with Gasteiger partial charge in [0.2, 0.25) is 11.8 Å². The minimum atomic E-state index is -4.50. The first-order valence-electron chi connectivity index (χ1n) is 9.73. The van der Waals surface area contributed by atoms with Gasteiger partial charge in [0.15, 0.2) is 0 Å². The Morgan fingerprint density at radius 3 is 2.38 bits per heavy atom. The van der Waals surface area contributed by atoms with Gasteiger partial charge in [-0.1, -0.05) is 23.7 Å². The average molecular weight is 523 g/mol.